The minimum atomic E-state index is -3.66. The van der Waals surface area contributed by atoms with Crippen LogP contribution in [0, 0.1) is 12.8 Å². The van der Waals surface area contributed by atoms with Gasteiger partial charge in [-0.25, -0.2) is 13.2 Å². The number of nitrogens with one attached hydrogen (secondary N) is 1. The van der Waals surface area contributed by atoms with Gasteiger partial charge in [0.1, 0.15) is 0 Å². The first-order valence-electron chi connectivity index (χ1n) is 9.38. The SMILES string of the molecule is COC(=O)c1ccccc1NC(=O)[C@H]1CCCN(S(=O)(=O)c2ccc(C)cc2)C1. The summed E-state index contributed by atoms with van der Waals surface area (Å²) in [6.45, 7) is 2.37. The second kappa shape index (κ2) is 8.75. The minimum absolute atomic E-state index is 0.0996. The lowest BCUT2D eigenvalue weighted by molar-refractivity contribution is -0.120. The van der Waals surface area contributed by atoms with Gasteiger partial charge in [0.15, 0.2) is 0 Å². The molecule has 0 aliphatic carbocycles. The van der Waals surface area contributed by atoms with E-state index in [0.717, 1.165) is 5.56 Å². The third-order valence-electron chi connectivity index (χ3n) is 5.00. The van der Waals surface area contributed by atoms with Gasteiger partial charge in [-0.15, -0.1) is 0 Å². The molecule has 0 radical (unpaired) electrons. The minimum Gasteiger partial charge on any atom is -0.465 e. The van der Waals surface area contributed by atoms with E-state index in [9.17, 15) is 18.0 Å². The van der Waals surface area contributed by atoms with E-state index >= 15 is 0 Å². The van der Waals surface area contributed by atoms with E-state index in [1.54, 1.807) is 48.5 Å². The Balaban J connectivity index is 1.75. The maximum absolute atomic E-state index is 12.9. The monoisotopic (exact) mass is 416 g/mol. The van der Waals surface area contributed by atoms with Gasteiger partial charge < -0.3 is 10.1 Å². The lowest BCUT2D eigenvalue weighted by Crippen LogP contribution is -2.43. The molecule has 1 N–H and O–H groups in total. The number of para-hydroxylation sites is 1. The van der Waals surface area contributed by atoms with Crippen molar-refractivity contribution in [3.63, 3.8) is 0 Å². The van der Waals surface area contributed by atoms with Crippen LogP contribution in [0.15, 0.2) is 53.4 Å². The van der Waals surface area contributed by atoms with Crippen LogP contribution >= 0.6 is 0 Å². The summed E-state index contributed by atoms with van der Waals surface area (Å²) in [5, 5.41) is 2.75. The number of hydrogen-bond acceptors (Lipinski definition) is 5. The molecule has 1 aliphatic rings. The number of carbonyl (C=O) groups is 2. The van der Waals surface area contributed by atoms with Crippen LogP contribution in [0.5, 0.6) is 0 Å². The molecule has 0 aromatic heterocycles. The molecule has 0 saturated carbocycles. The zero-order valence-corrected chi connectivity index (χ0v) is 17.2. The van der Waals surface area contributed by atoms with Crippen LogP contribution < -0.4 is 5.32 Å². The molecule has 0 bridgehead atoms. The Hall–Kier alpha value is -2.71. The van der Waals surface area contributed by atoms with Crippen LogP contribution in [0.1, 0.15) is 28.8 Å². The van der Waals surface area contributed by atoms with Crippen molar-refractivity contribution in [2.24, 2.45) is 5.92 Å². The fraction of sp³-hybridized carbons (Fsp3) is 0.333. The van der Waals surface area contributed by atoms with Crippen molar-refractivity contribution < 1.29 is 22.7 Å². The summed E-state index contributed by atoms with van der Waals surface area (Å²) in [4.78, 5) is 24.9. The Morgan fingerprint density at radius 1 is 1.10 bits per heavy atom. The number of aryl methyl sites for hydroxylation is 1. The maximum Gasteiger partial charge on any atom is 0.339 e. The Morgan fingerprint density at radius 3 is 2.48 bits per heavy atom. The average Bonchev–Trinajstić information content (AvgIpc) is 2.74. The third kappa shape index (κ3) is 4.65. The molecule has 1 amide bonds. The number of rotatable bonds is 5. The second-order valence-corrected chi connectivity index (χ2v) is 8.98. The molecular formula is C21H24N2O5S. The molecule has 0 spiro atoms. The number of hydrogen-bond donors (Lipinski definition) is 1. The third-order valence-corrected chi connectivity index (χ3v) is 6.88. The molecule has 1 fully saturated rings. The smallest absolute Gasteiger partial charge is 0.339 e. The van der Waals surface area contributed by atoms with Crippen LogP contribution in [0.25, 0.3) is 0 Å². The number of sulfonamides is 1. The van der Waals surface area contributed by atoms with E-state index in [1.807, 2.05) is 6.92 Å². The van der Waals surface area contributed by atoms with Gasteiger partial charge in [0.25, 0.3) is 0 Å². The Labute approximate surface area is 170 Å². The molecule has 2 aromatic rings. The standard InChI is InChI=1S/C21H24N2O5S/c1-15-9-11-17(12-10-15)29(26,27)23-13-5-6-16(14-23)20(24)22-19-8-4-3-7-18(19)21(25)28-2/h3-4,7-12,16H,5-6,13-14H2,1-2H3,(H,22,24)/t16-/m0/s1. The van der Waals surface area contributed by atoms with Crippen molar-refractivity contribution in [3.8, 4) is 0 Å². The first-order valence-corrected chi connectivity index (χ1v) is 10.8. The van der Waals surface area contributed by atoms with Gasteiger partial charge >= 0.3 is 5.97 Å². The van der Waals surface area contributed by atoms with Gasteiger partial charge in [0.05, 0.1) is 29.2 Å². The predicted octanol–water partition coefficient (Wildman–Crippen LogP) is 2.82. The topological polar surface area (TPSA) is 92.8 Å². The number of carbonyl (C=O) groups excluding carboxylic acids is 2. The highest BCUT2D eigenvalue weighted by molar-refractivity contribution is 7.89. The fourth-order valence-electron chi connectivity index (χ4n) is 3.35. The number of amides is 1. The van der Waals surface area contributed by atoms with Crippen LogP contribution in [0.2, 0.25) is 0 Å². The zero-order chi connectivity index (χ0) is 21.0. The molecule has 1 aliphatic heterocycles. The Kier molecular flexibility index (Phi) is 6.34. The highest BCUT2D eigenvalue weighted by Crippen LogP contribution is 2.26. The lowest BCUT2D eigenvalue weighted by Gasteiger charge is -2.31. The van der Waals surface area contributed by atoms with Gasteiger partial charge in [-0.2, -0.15) is 4.31 Å². The van der Waals surface area contributed by atoms with E-state index in [4.69, 9.17) is 4.74 Å². The van der Waals surface area contributed by atoms with E-state index < -0.39 is 21.9 Å². The molecule has 154 valence electrons. The van der Waals surface area contributed by atoms with Gasteiger partial charge in [-0.1, -0.05) is 29.8 Å². The molecule has 2 aromatic carbocycles. The number of anilines is 1. The number of methoxy groups -OCH3 is 1. The molecule has 7 nitrogen and oxygen atoms in total. The van der Waals surface area contributed by atoms with E-state index in [1.165, 1.54) is 11.4 Å². The van der Waals surface area contributed by atoms with Gasteiger partial charge in [-0.05, 0) is 44.0 Å². The van der Waals surface area contributed by atoms with E-state index in [2.05, 4.69) is 5.32 Å². The molecule has 1 atom stereocenters. The van der Waals surface area contributed by atoms with E-state index in [0.29, 0.717) is 25.1 Å². The maximum atomic E-state index is 12.9. The van der Waals surface area contributed by atoms with Gasteiger partial charge in [0, 0.05) is 13.1 Å². The summed E-state index contributed by atoms with van der Waals surface area (Å²) in [7, 11) is -2.39. The molecule has 29 heavy (non-hydrogen) atoms. The zero-order valence-electron chi connectivity index (χ0n) is 16.4. The van der Waals surface area contributed by atoms with Gasteiger partial charge in [-0.3, -0.25) is 4.79 Å². The first kappa shape index (κ1) is 21.0. The van der Waals surface area contributed by atoms with Crippen molar-refractivity contribution in [3.05, 3.63) is 59.7 Å². The molecule has 0 unspecified atom stereocenters. The summed E-state index contributed by atoms with van der Waals surface area (Å²) in [6.07, 6.45) is 1.16. The summed E-state index contributed by atoms with van der Waals surface area (Å²) >= 11 is 0. The van der Waals surface area contributed by atoms with Crippen molar-refractivity contribution in [1.82, 2.24) is 4.31 Å². The highest BCUT2D eigenvalue weighted by atomic mass is 32.2. The Morgan fingerprint density at radius 2 is 1.79 bits per heavy atom. The molecule has 3 rings (SSSR count). The number of benzene rings is 2. The first-order chi connectivity index (χ1) is 13.8. The molecule has 1 saturated heterocycles. The van der Waals surface area contributed by atoms with Crippen molar-refractivity contribution in [2.45, 2.75) is 24.7 Å². The lowest BCUT2D eigenvalue weighted by atomic mass is 9.98. The summed E-state index contributed by atoms with van der Waals surface area (Å²) in [5.41, 5.74) is 1.58. The molecule has 1 heterocycles. The summed E-state index contributed by atoms with van der Waals surface area (Å²) < 4.78 is 32.0. The fourth-order valence-corrected chi connectivity index (χ4v) is 4.87. The van der Waals surface area contributed by atoms with Gasteiger partial charge in [0.2, 0.25) is 15.9 Å². The van der Waals surface area contributed by atoms with Crippen LogP contribution in [-0.4, -0.2) is 44.8 Å². The van der Waals surface area contributed by atoms with Crippen LogP contribution in [-0.2, 0) is 19.6 Å². The number of piperidine rings is 1. The van der Waals surface area contributed by atoms with Crippen molar-refractivity contribution in [2.75, 3.05) is 25.5 Å². The summed E-state index contributed by atoms with van der Waals surface area (Å²) in [6, 6.07) is 13.2. The normalized spacial score (nSPS) is 17.5. The summed E-state index contributed by atoms with van der Waals surface area (Å²) in [5.74, 6) is -1.37. The quantitative estimate of drug-likeness (QED) is 0.757. The second-order valence-electron chi connectivity index (χ2n) is 7.04. The number of ether oxygens (including phenoxy) is 1. The van der Waals surface area contributed by atoms with Crippen LogP contribution in [0.3, 0.4) is 0 Å². The van der Waals surface area contributed by atoms with Crippen LogP contribution in [0.4, 0.5) is 5.69 Å². The number of esters is 1. The Bertz CT molecular complexity index is 1000. The highest BCUT2D eigenvalue weighted by Gasteiger charge is 2.33. The van der Waals surface area contributed by atoms with E-state index in [-0.39, 0.29) is 22.9 Å². The molecule has 8 heteroatoms. The number of nitrogens with zero attached hydrogens (tertiary/aromatic N) is 1. The average molecular weight is 416 g/mol. The molecular weight excluding hydrogens is 392 g/mol. The predicted molar refractivity (Wildman–Crippen MR) is 109 cm³/mol. The van der Waals surface area contributed by atoms with Crippen molar-refractivity contribution >= 4 is 27.6 Å². The largest absolute Gasteiger partial charge is 0.465 e. The van der Waals surface area contributed by atoms with Crippen molar-refractivity contribution in [1.29, 1.82) is 0 Å².